The summed E-state index contributed by atoms with van der Waals surface area (Å²) in [4.78, 5) is 0.201. The second-order valence-electron chi connectivity index (χ2n) is 5.52. The molecule has 3 aromatic rings. The van der Waals surface area contributed by atoms with Crippen molar-refractivity contribution in [2.75, 3.05) is 0 Å². The normalized spacial score (nSPS) is 11.8. The number of rotatable bonds is 3. The van der Waals surface area contributed by atoms with Crippen LogP contribution in [0.4, 0.5) is 0 Å². The lowest BCUT2D eigenvalue weighted by Gasteiger charge is -2.08. The Hall–Kier alpha value is -2.41. The Kier molecular flexibility index (Phi) is 3.60. The molecule has 0 saturated carbocycles. The van der Waals surface area contributed by atoms with Crippen molar-refractivity contribution in [3.8, 4) is 5.69 Å². The summed E-state index contributed by atoms with van der Waals surface area (Å²) in [7, 11) is -3.78. The third-order valence-corrected chi connectivity index (χ3v) is 5.61. The van der Waals surface area contributed by atoms with Crippen molar-refractivity contribution in [1.82, 2.24) is 19.0 Å². The van der Waals surface area contributed by atoms with E-state index in [0.29, 0.717) is 22.8 Å². The lowest BCUT2D eigenvalue weighted by molar-refractivity contribution is 0.576. The predicted octanol–water partition coefficient (Wildman–Crippen LogP) is 2.54. The van der Waals surface area contributed by atoms with Gasteiger partial charge in [0.1, 0.15) is 4.90 Å². The molecule has 6 nitrogen and oxygen atoms in total. The van der Waals surface area contributed by atoms with Crippen LogP contribution in [-0.4, -0.2) is 27.4 Å². The van der Waals surface area contributed by atoms with E-state index in [4.69, 9.17) is 0 Å². The maximum Gasteiger partial charge on any atom is 0.286 e. The molecule has 0 spiro atoms. The summed E-state index contributed by atoms with van der Waals surface area (Å²) < 4.78 is 28.7. The zero-order chi connectivity index (χ0) is 16.8. The van der Waals surface area contributed by atoms with Gasteiger partial charge in [0.15, 0.2) is 0 Å². The highest BCUT2D eigenvalue weighted by molar-refractivity contribution is 7.90. The Balaban J connectivity index is 2.22. The number of benzene rings is 1. The van der Waals surface area contributed by atoms with E-state index in [1.54, 1.807) is 38.4 Å². The zero-order valence-electron chi connectivity index (χ0n) is 13.5. The molecule has 0 aliphatic carbocycles. The fourth-order valence-corrected chi connectivity index (χ4v) is 4.48. The first-order chi connectivity index (χ1) is 10.8. The third-order valence-electron chi connectivity index (χ3n) is 3.68. The van der Waals surface area contributed by atoms with Gasteiger partial charge in [-0.25, -0.2) is 4.68 Å². The first kappa shape index (κ1) is 15.5. The maximum atomic E-state index is 13.0. The number of aromatic nitrogens is 4. The van der Waals surface area contributed by atoms with Gasteiger partial charge in [0, 0.05) is 0 Å². The average molecular weight is 330 g/mol. The van der Waals surface area contributed by atoms with Crippen LogP contribution in [0, 0.1) is 27.7 Å². The van der Waals surface area contributed by atoms with Crippen molar-refractivity contribution in [2.45, 2.75) is 32.6 Å². The molecule has 0 bridgehead atoms. The molecular formula is C16H18N4O2S. The lowest BCUT2D eigenvalue weighted by Crippen LogP contribution is -2.17. The molecule has 7 heteroatoms. The Labute approximate surface area is 135 Å². The highest BCUT2D eigenvalue weighted by Gasteiger charge is 2.28. The van der Waals surface area contributed by atoms with Gasteiger partial charge in [-0.3, -0.25) is 0 Å². The molecule has 0 radical (unpaired) electrons. The number of para-hydroxylation sites is 1. The predicted molar refractivity (Wildman–Crippen MR) is 87.3 cm³/mol. The van der Waals surface area contributed by atoms with Gasteiger partial charge >= 0.3 is 0 Å². The summed E-state index contributed by atoms with van der Waals surface area (Å²) in [5, 5.41) is 8.52. The average Bonchev–Trinajstić information content (AvgIpc) is 2.99. The van der Waals surface area contributed by atoms with Crippen LogP contribution >= 0.6 is 0 Å². The first-order valence-corrected chi connectivity index (χ1v) is 8.67. The highest BCUT2D eigenvalue weighted by Crippen LogP contribution is 2.25. The molecule has 0 unspecified atom stereocenters. The van der Waals surface area contributed by atoms with Gasteiger partial charge in [0.2, 0.25) is 0 Å². The Bertz CT molecular complexity index is 969. The number of aryl methyl sites for hydroxylation is 3. The monoisotopic (exact) mass is 330 g/mol. The lowest BCUT2D eigenvalue weighted by atomic mass is 10.3. The quantitative estimate of drug-likeness (QED) is 0.740. The molecule has 0 amide bonds. The van der Waals surface area contributed by atoms with E-state index in [2.05, 4.69) is 10.2 Å². The fraction of sp³-hybridized carbons (Fsp3) is 0.250. The molecule has 0 N–H and O–H groups in total. The molecule has 0 saturated heterocycles. The van der Waals surface area contributed by atoms with Crippen molar-refractivity contribution in [3.05, 3.63) is 59.2 Å². The van der Waals surface area contributed by atoms with Crippen LogP contribution in [0.5, 0.6) is 0 Å². The SMILES string of the molecule is Cc1cc(C)n(S(=O)(=O)c2c(C)nn(-c3ccccc3)c2C)n1. The molecule has 120 valence electrons. The molecule has 3 rings (SSSR count). The molecule has 23 heavy (non-hydrogen) atoms. The second-order valence-corrected chi connectivity index (χ2v) is 7.23. The van der Waals surface area contributed by atoms with Crippen LogP contribution in [0.2, 0.25) is 0 Å². The smallest absolute Gasteiger partial charge is 0.236 e. The van der Waals surface area contributed by atoms with E-state index >= 15 is 0 Å². The summed E-state index contributed by atoms with van der Waals surface area (Å²) in [6.45, 7) is 6.95. The molecule has 0 aliphatic heterocycles. The van der Waals surface area contributed by atoms with Crippen LogP contribution in [0.1, 0.15) is 22.8 Å². The zero-order valence-corrected chi connectivity index (χ0v) is 14.3. The summed E-state index contributed by atoms with van der Waals surface area (Å²) in [6, 6.07) is 11.2. The molecule has 2 heterocycles. The van der Waals surface area contributed by atoms with Gasteiger partial charge in [-0.15, -0.1) is 0 Å². The summed E-state index contributed by atoms with van der Waals surface area (Å²) in [5.41, 5.74) is 3.09. The van der Waals surface area contributed by atoms with Crippen molar-refractivity contribution in [2.24, 2.45) is 0 Å². The van der Waals surface area contributed by atoms with Gasteiger partial charge in [-0.1, -0.05) is 18.2 Å². The van der Waals surface area contributed by atoms with Gasteiger partial charge < -0.3 is 0 Å². The number of hydrogen-bond donors (Lipinski definition) is 0. The fourth-order valence-electron chi connectivity index (χ4n) is 2.76. The van der Waals surface area contributed by atoms with Crippen LogP contribution in [0.25, 0.3) is 5.69 Å². The molecule has 0 aliphatic rings. The van der Waals surface area contributed by atoms with Crippen molar-refractivity contribution in [3.63, 3.8) is 0 Å². The number of hydrogen-bond acceptors (Lipinski definition) is 4. The van der Waals surface area contributed by atoms with E-state index in [-0.39, 0.29) is 4.90 Å². The molecule has 2 aromatic heterocycles. The van der Waals surface area contributed by atoms with Crippen LogP contribution in [0.15, 0.2) is 41.3 Å². The summed E-state index contributed by atoms with van der Waals surface area (Å²) in [5.74, 6) is 0. The number of nitrogens with zero attached hydrogens (tertiary/aromatic N) is 4. The molecule has 1 aromatic carbocycles. The Morgan fingerprint density at radius 1 is 0.957 bits per heavy atom. The topological polar surface area (TPSA) is 69.8 Å². The van der Waals surface area contributed by atoms with Gasteiger partial charge in [-0.2, -0.15) is 22.7 Å². The minimum absolute atomic E-state index is 0.201. The van der Waals surface area contributed by atoms with Crippen LogP contribution < -0.4 is 0 Å². The largest absolute Gasteiger partial charge is 0.286 e. The summed E-state index contributed by atoms with van der Waals surface area (Å²) >= 11 is 0. The maximum absolute atomic E-state index is 13.0. The Morgan fingerprint density at radius 3 is 2.17 bits per heavy atom. The standard InChI is InChI=1S/C16H18N4O2S/c1-11-10-12(2)20(17-11)23(21,22)16-13(3)18-19(14(16)4)15-8-6-5-7-9-15/h5-10H,1-4H3. The van der Waals surface area contributed by atoms with Crippen molar-refractivity contribution in [1.29, 1.82) is 0 Å². The third kappa shape index (κ3) is 2.46. The second kappa shape index (κ2) is 5.34. The molecule has 0 atom stereocenters. The minimum Gasteiger partial charge on any atom is -0.236 e. The van der Waals surface area contributed by atoms with E-state index in [1.807, 2.05) is 30.3 Å². The van der Waals surface area contributed by atoms with Gasteiger partial charge in [0.05, 0.1) is 28.5 Å². The Morgan fingerprint density at radius 2 is 1.61 bits per heavy atom. The molecular weight excluding hydrogens is 312 g/mol. The minimum atomic E-state index is -3.78. The van der Waals surface area contributed by atoms with E-state index in [9.17, 15) is 8.42 Å². The summed E-state index contributed by atoms with van der Waals surface area (Å²) in [6.07, 6.45) is 0. The van der Waals surface area contributed by atoms with E-state index < -0.39 is 10.0 Å². The molecule has 0 fully saturated rings. The van der Waals surface area contributed by atoms with Crippen LogP contribution in [0.3, 0.4) is 0 Å². The van der Waals surface area contributed by atoms with Crippen LogP contribution in [-0.2, 0) is 10.0 Å². The van der Waals surface area contributed by atoms with Gasteiger partial charge in [-0.05, 0) is 45.9 Å². The van der Waals surface area contributed by atoms with E-state index in [1.165, 1.54) is 0 Å². The van der Waals surface area contributed by atoms with Crippen molar-refractivity contribution >= 4 is 10.0 Å². The van der Waals surface area contributed by atoms with E-state index in [0.717, 1.165) is 9.77 Å². The first-order valence-electron chi connectivity index (χ1n) is 7.23. The van der Waals surface area contributed by atoms with Gasteiger partial charge in [0.25, 0.3) is 10.0 Å². The van der Waals surface area contributed by atoms with Crippen molar-refractivity contribution < 1.29 is 8.42 Å². The highest BCUT2D eigenvalue weighted by atomic mass is 32.2.